The number of anilines is 1. The van der Waals surface area contributed by atoms with E-state index in [0.29, 0.717) is 5.69 Å². The minimum Gasteiger partial charge on any atom is -0.352 e. The van der Waals surface area contributed by atoms with E-state index < -0.39 is 28.5 Å². The Morgan fingerprint density at radius 3 is 2.20 bits per heavy atom. The molecule has 0 unspecified atom stereocenters. The van der Waals surface area contributed by atoms with Crippen molar-refractivity contribution in [2.75, 3.05) is 17.1 Å². The summed E-state index contributed by atoms with van der Waals surface area (Å²) in [5.41, 5.74) is 1.24. The summed E-state index contributed by atoms with van der Waals surface area (Å²) < 4.78 is 27.7. The van der Waals surface area contributed by atoms with Crippen molar-refractivity contribution in [3.63, 3.8) is 0 Å². The van der Waals surface area contributed by atoms with E-state index in [2.05, 4.69) is 21.2 Å². The maximum atomic E-state index is 13.6. The molecule has 1 N–H and O–H groups in total. The molecule has 0 saturated heterocycles. The first-order valence-corrected chi connectivity index (χ1v) is 13.9. The highest BCUT2D eigenvalue weighted by Gasteiger charge is 2.30. The van der Waals surface area contributed by atoms with Crippen molar-refractivity contribution in [3.8, 4) is 0 Å². The molecular weight excluding hydrogens is 530 g/mol. The van der Waals surface area contributed by atoms with Crippen molar-refractivity contribution in [2.45, 2.75) is 39.4 Å². The molecule has 186 valence electrons. The fraction of sp³-hybridized carbons (Fsp3) is 0.308. The van der Waals surface area contributed by atoms with E-state index in [1.54, 1.807) is 19.1 Å². The third-order valence-electron chi connectivity index (χ3n) is 5.58. The number of carbonyl (C=O) groups excluding carboxylic acids is 2. The molecule has 0 fully saturated rings. The number of amides is 2. The lowest BCUT2D eigenvalue weighted by molar-refractivity contribution is -0.139. The molecule has 7 nitrogen and oxygen atoms in total. The summed E-state index contributed by atoms with van der Waals surface area (Å²) in [5.74, 6) is -0.779. The summed E-state index contributed by atoms with van der Waals surface area (Å²) in [6, 6.07) is 19.3. The quantitative estimate of drug-likeness (QED) is 0.423. The Balaban J connectivity index is 1.99. The number of fused-ring (bicyclic) bond motifs is 1. The van der Waals surface area contributed by atoms with Crippen LogP contribution in [0.4, 0.5) is 5.69 Å². The van der Waals surface area contributed by atoms with Gasteiger partial charge in [-0.2, -0.15) is 0 Å². The maximum absolute atomic E-state index is 13.6. The summed E-state index contributed by atoms with van der Waals surface area (Å²) in [6.45, 7) is 5.07. The van der Waals surface area contributed by atoms with E-state index in [-0.39, 0.29) is 18.5 Å². The number of nitrogens with one attached hydrogen (secondary N) is 1. The number of halogens is 1. The van der Waals surface area contributed by atoms with E-state index >= 15 is 0 Å². The first-order valence-electron chi connectivity index (χ1n) is 11.3. The van der Waals surface area contributed by atoms with Gasteiger partial charge < -0.3 is 10.2 Å². The summed E-state index contributed by atoms with van der Waals surface area (Å²) in [6.07, 6.45) is 1.08. The normalized spacial score (nSPS) is 12.4. The van der Waals surface area contributed by atoms with Gasteiger partial charge >= 0.3 is 0 Å². The lowest BCUT2D eigenvalue weighted by Gasteiger charge is -2.32. The summed E-state index contributed by atoms with van der Waals surface area (Å²) >= 11 is 3.40. The van der Waals surface area contributed by atoms with Crippen molar-refractivity contribution < 1.29 is 18.0 Å². The Kier molecular flexibility index (Phi) is 8.56. The van der Waals surface area contributed by atoms with Crippen molar-refractivity contribution in [2.24, 2.45) is 0 Å². The van der Waals surface area contributed by atoms with Crippen LogP contribution in [0, 0.1) is 0 Å². The molecule has 0 aliphatic heterocycles. The predicted octanol–water partition coefficient (Wildman–Crippen LogP) is 4.31. The summed E-state index contributed by atoms with van der Waals surface area (Å²) in [7, 11) is -3.80. The number of benzene rings is 3. The Morgan fingerprint density at radius 1 is 0.943 bits per heavy atom. The SMILES string of the molecule is CC(C)NC(=O)[C@H](C)N(Cc1ccc(Br)cc1)C(=O)CN(c1cccc2ccccc12)S(C)(=O)=O. The molecule has 3 aromatic rings. The number of hydrogen-bond acceptors (Lipinski definition) is 4. The Labute approximate surface area is 215 Å². The average molecular weight is 561 g/mol. The van der Waals surface area contributed by atoms with E-state index in [0.717, 1.165) is 31.4 Å². The number of rotatable bonds is 9. The third-order valence-corrected chi connectivity index (χ3v) is 7.23. The van der Waals surface area contributed by atoms with Gasteiger partial charge in [-0.3, -0.25) is 13.9 Å². The smallest absolute Gasteiger partial charge is 0.244 e. The molecule has 0 aliphatic carbocycles. The minimum absolute atomic E-state index is 0.0993. The molecule has 0 saturated carbocycles. The standard InChI is InChI=1S/C26H30BrN3O4S/c1-18(2)28-26(32)19(3)29(16-20-12-14-22(27)15-13-20)25(31)17-30(35(4,33)34)24-11-7-9-21-8-5-6-10-23(21)24/h5-15,18-19H,16-17H2,1-4H3,(H,28,32)/t19-/m0/s1. The van der Waals surface area contributed by atoms with Crippen LogP contribution in [0.3, 0.4) is 0 Å². The molecule has 0 radical (unpaired) electrons. The van der Waals surface area contributed by atoms with Crippen molar-refractivity contribution in [1.29, 1.82) is 0 Å². The van der Waals surface area contributed by atoms with Crippen LogP contribution in [0.2, 0.25) is 0 Å². The van der Waals surface area contributed by atoms with Crippen LogP contribution in [0.25, 0.3) is 10.8 Å². The monoisotopic (exact) mass is 559 g/mol. The van der Waals surface area contributed by atoms with Crippen LogP contribution >= 0.6 is 15.9 Å². The fourth-order valence-electron chi connectivity index (χ4n) is 3.79. The zero-order chi connectivity index (χ0) is 25.8. The number of carbonyl (C=O) groups is 2. The van der Waals surface area contributed by atoms with Crippen LogP contribution in [-0.2, 0) is 26.2 Å². The molecule has 2 amide bonds. The van der Waals surface area contributed by atoms with E-state index in [4.69, 9.17) is 0 Å². The van der Waals surface area contributed by atoms with Gasteiger partial charge in [-0.25, -0.2) is 8.42 Å². The van der Waals surface area contributed by atoms with E-state index in [1.807, 2.05) is 68.4 Å². The molecule has 3 rings (SSSR count). The van der Waals surface area contributed by atoms with Crippen LogP contribution in [0.1, 0.15) is 26.3 Å². The molecule has 9 heteroatoms. The Bertz CT molecular complexity index is 1300. The average Bonchev–Trinajstić information content (AvgIpc) is 2.80. The number of sulfonamides is 1. The van der Waals surface area contributed by atoms with Gasteiger partial charge in [-0.1, -0.05) is 64.5 Å². The zero-order valence-corrected chi connectivity index (χ0v) is 22.6. The molecular formula is C26H30BrN3O4S. The molecule has 0 aromatic heterocycles. The van der Waals surface area contributed by atoms with Crippen LogP contribution in [0.5, 0.6) is 0 Å². The van der Waals surface area contributed by atoms with Crippen molar-refractivity contribution >= 4 is 54.2 Å². The molecule has 0 aliphatic rings. The molecule has 1 atom stereocenters. The van der Waals surface area contributed by atoms with Crippen LogP contribution in [0.15, 0.2) is 71.2 Å². The summed E-state index contributed by atoms with van der Waals surface area (Å²) in [4.78, 5) is 27.9. The Morgan fingerprint density at radius 2 is 1.57 bits per heavy atom. The number of hydrogen-bond donors (Lipinski definition) is 1. The second kappa shape index (κ2) is 11.2. The van der Waals surface area contributed by atoms with Crippen molar-refractivity contribution in [1.82, 2.24) is 10.2 Å². The molecule has 0 bridgehead atoms. The minimum atomic E-state index is -3.80. The lowest BCUT2D eigenvalue weighted by atomic mass is 10.1. The largest absolute Gasteiger partial charge is 0.352 e. The molecule has 3 aromatic carbocycles. The predicted molar refractivity (Wildman–Crippen MR) is 144 cm³/mol. The van der Waals surface area contributed by atoms with E-state index in [1.165, 1.54) is 4.90 Å². The fourth-order valence-corrected chi connectivity index (χ4v) is 4.92. The van der Waals surface area contributed by atoms with Gasteiger partial charge in [0.05, 0.1) is 11.9 Å². The van der Waals surface area contributed by atoms with Gasteiger partial charge in [0.1, 0.15) is 12.6 Å². The lowest BCUT2D eigenvalue weighted by Crippen LogP contribution is -2.52. The Hall–Kier alpha value is -2.91. The maximum Gasteiger partial charge on any atom is 0.244 e. The summed E-state index contributed by atoms with van der Waals surface area (Å²) in [5, 5.41) is 4.42. The van der Waals surface area contributed by atoms with Gasteiger partial charge in [0, 0.05) is 22.4 Å². The second-order valence-electron chi connectivity index (χ2n) is 8.76. The van der Waals surface area contributed by atoms with Gasteiger partial charge in [0.25, 0.3) is 0 Å². The number of nitrogens with zero attached hydrogens (tertiary/aromatic N) is 2. The van der Waals surface area contributed by atoms with Gasteiger partial charge in [0.15, 0.2) is 0 Å². The topological polar surface area (TPSA) is 86.8 Å². The second-order valence-corrected chi connectivity index (χ2v) is 11.6. The third kappa shape index (κ3) is 6.82. The first-order chi connectivity index (χ1) is 16.5. The molecule has 0 spiro atoms. The van der Waals surface area contributed by atoms with Crippen LogP contribution in [-0.4, -0.2) is 50.0 Å². The van der Waals surface area contributed by atoms with Gasteiger partial charge in [-0.15, -0.1) is 0 Å². The molecule has 35 heavy (non-hydrogen) atoms. The van der Waals surface area contributed by atoms with Crippen molar-refractivity contribution in [3.05, 3.63) is 76.8 Å². The molecule has 0 heterocycles. The van der Waals surface area contributed by atoms with Gasteiger partial charge in [-0.05, 0) is 49.9 Å². The zero-order valence-electron chi connectivity index (χ0n) is 20.2. The van der Waals surface area contributed by atoms with Gasteiger partial charge in [0.2, 0.25) is 21.8 Å². The highest BCUT2D eigenvalue weighted by Crippen LogP contribution is 2.28. The van der Waals surface area contributed by atoms with Crippen LogP contribution < -0.4 is 9.62 Å². The highest BCUT2D eigenvalue weighted by molar-refractivity contribution is 9.10. The van der Waals surface area contributed by atoms with E-state index in [9.17, 15) is 18.0 Å². The highest BCUT2D eigenvalue weighted by atomic mass is 79.9. The first kappa shape index (κ1) is 26.7.